The van der Waals surface area contributed by atoms with Crippen molar-refractivity contribution in [3.63, 3.8) is 0 Å². The molecule has 0 aliphatic carbocycles. The summed E-state index contributed by atoms with van der Waals surface area (Å²) < 4.78 is 0. The van der Waals surface area contributed by atoms with Crippen LogP contribution in [0, 0.1) is 0 Å². The van der Waals surface area contributed by atoms with E-state index in [1.54, 1.807) is 0 Å². The molecule has 1 nitrogen and oxygen atoms in total. The van der Waals surface area contributed by atoms with Crippen LogP contribution < -0.4 is 0 Å². The van der Waals surface area contributed by atoms with Crippen molar-refractivity contribution in [3.8, 4) is 0 Å². The molecule has 0 fully saturated rings. The van der Waals surface area contributed by atoms with Gasteiger partial charge in [-0.25, -0.2) is 0 Å². The third-order valence-electron chi connectivity index (χ3n) is 17.7. The summed E-state index contributed by atoms with van der Waals surface area (Å²) in [6.07, 6.45) is 16.3. The number of hydrogen-bond acceptors (Lipinski definition) is 1. The van der Waals surface area contributed by atoms with Gasteiger partial charge in [-0.05, 0) is 0 Å². The van der Waals surface area contributed by atoms with Crippen LogP contribution in [0.25, 0.3) is 0 Å². The number of nitrogens with zero attached hydrogens (tertiary/aromatic N) is 1. The molecular weight excluding hydrogens is 674 g/mol. The first-order chi connectivity index (χ1) is 28.2. The van der Waals surface area contributed by atoms with E-state index in [-0.39, 0.29) is 6.63 Å². The quantitative estimate of drug-likeness (QED) is 0.0678. The van der Waals surface area contributed by atoms with Crippen LogP contribution in [-0.2, 0) is 0 Å². The molecule has 0 unspecified atom stereocenters. The third kappa shape index (κ3) is 18.4. The van der Waals surface area contributed by atoms with Crippen molar-refractivity contribution in [2.45, 2.75) is 0 Å². The van der Waals surface area contributed by atoms with Crippen LogP contribution in [0.3, 0.4) is 0 Å². The average molecular weight is 736 g/mol. The SMILES string of the molecule is BB(B)B(B)B(B(/B=N/B(B(B(B(B)B)B(B)B)B(B(B)B)B(B)B)B(B(B(B)B)B(B)B)B(B(B)B)B(B)B)B(B(B(B)B)B(B)B)B(B(B)B)B(B)B)B(B(B)B)B(B)B. The van der Waals surface area contributed by atoms with Gasteiger partial charge in [0.15, 0.2) is 0 Å². The monoisotopic (exact) mass is 748 g/mol. The molecule has 0 rings (SSSR count). The van der Waals surface area contributed by atoms with Gasteiger partial charge in [0.05, 0.1) is 0 Å². The third-order valence-corrected chi connectivity index (χ3v) is 17.7. The Kier molecular flexibility index (Phi) is 32.5. The molecule has 250 valence electrons. The van der Waals surface area contributed by atoms with Gasteiger partial charge in [-0.1, -0.05) is 0 Å². The van der Waals surface area contributed by atoms with Gasteiger partial charge in [-0.2, -0.15) is 0 Å². The summed E-state index contributed by atoms with van der Waals surface area (Å²) in [6, 6.07) is 0. The normalized spacial score (nSPS) is 9.81. The van der Waals surface area contributed by atoms with Crippen molar-refractivity contribution < 1.29 is 0 Å². The first-order valence-electron chi connectivity index (χ1n) is 27.7. The van der Waals surface area contributed by atoms with Crippen molar-refractivity contribution in [2.24, 2.45) is 4.81 Å². The Morgan fingerprint density at radius 3 is 0.548 bits per heavy atom. The summed E-state index contributed by atoms with van der Waals surface area (Å²) in [4.78, 5) is 6.73. The zero-order valence-corrected chi connectivity index (χ0v) is 48.8. The first kappa shape index (κ1) is 65.8. The van der Waals surface area contributed by atoms with E-state index < -0.39 is 0 Å². The van der Waals surface area contributed by atoms with Gasteiger partial charge in [-0.3, -0.25) is 0 Å². The molecule has 0 radical (unpaired) electrons. The van der Waals surface area contributed by atoms with E-state index in [1.807, 2.05) is 0 Å². The molecule has 0 saturated heterocycles. The van der Waals surface area contributed by atoms with Crippen molar-refractivity contribution in [1.29, 1.82) is 0 Å². The van der Waals surface area contributed by atoms with Crippen molar-refractivity contribution >= 4 is 432 Å². The molecule has 0 N–H and O–H groups in total. The standard InChI is InChI=1S/B61H62N/c1-33(2)48(31)57(50(34(3)4)35(5)6)49(58(51(36(7)8)37(9)10)52(38(11)12)39(13)14)32-62-61(59(53(40(15)16)41(17)18)54(42(19)20)43(21)22)60(55(44(23)24)45(25)26)56(46(27)28)47(29)30/h1-31H2. The molecule has 0 aliphatic heterocycles. The topological polar surface area (TPSA) is 12.4 Å². The Hall–Kier alpha value is 3.76. The van der Waals surface area contributed by atoms with E-state index in [4.69, 9.17) is 4.81 Å². The molecule has 62 heteroatoms. The fraction of sp³-hybridized carbons (Fsp3) is 0. The van der Waals surface area contributed by atoms with Gasteiger partial charge in [0, 0.05) is 0 Å². The van der Waals surface area contributed by atoms with Crippen molar-refractivity contribution in [3.05, 3.63) is 0 Å². The van der Waals surface area contributed by atoms with Crippen LogP contribution in [-0.4, -0.2) is 432 Å². The maximum absolute atomic E-state index is 6.73. The molecule has 0 bridgehead atoms. The minimum absolute atomic E-state index is 0.256. The maximum atomic E-state index is 6.73. The van der Waals surface area contributed by atoms with Crippen LogP contribution in [0.5, 0.6) is 0 Å². The van der Waals surface area contributed by atoms with Crippen molar-refractivity contribution in [1.82, 2.24) is 0 Å². The fourth-order valence-corrected chi connectivity index (χ4v) is 16.3. The zero-order valence-electron chi connectivity index (χ0n) is 48.8. The van der Waals surface area contributed by atoms with Crippen LogP contribution in [0.15, 0.2) is 4.81 Å². The molecule has 0 aromatic rings. The fourth-order valence-electron chi connectivity index (χ4n) is 16.3. The van der Waals surface area contributed by atoms with Gasteiger partial charge in [0.25, 0.3) is 0 Å². The van der Waals surface area contributed by atoms with Crippen LogP contribution in [0.4, 0.5) is 0 Å². The van der Waals surface area contributed by atoms with E-state index in [2.05, 4.69) is 247 Å². The van der Waals surface area contributed by atoms with E-state index in [9.17, 15) is 0 Å². The molecule has 0 atom stereocenters. The molecule has 0 heterocycles. The second kappa shape index (κ2) is 30.6. The summed E-state index contributed by atoms with van der Waals surface area (Å²) in [5.74, 6) is 0. The van der Waals surface area contributed by atoms with Gasteiger partial charge >= 0.3 is 437 Å². The molecule has 0 aromatic heterocycles. The van der Waals surface area contributed by atoms with Gasteiger partial charge in [-0.15, -0.1) is 0 Å². The van der Waals surface area contributed by atoms with E-state index in [1.165, 1.54) is 0 Å². The summed E-state index contributed by atoms with van der Waals surface area (Å²) in [5, 5.41) is 0. The summed E-state index contributed by atoms with van der Waals surface area (Å²) >= 11 is 0. The van der Waals surface area contributed by atoms with E-state index in [0.717, 1.165) is 0 Å². The number of hydrogen-bond donors (Lipinski definition) is 0. The average Bonchev–Trinajstić information content (AvgIpc) is 3.06. The second-order valence-electron chi connectivity index (χ2n) is 27.2. The summed E-state index contributed by atoms with van der Waals surface area (Å²) in [5.41, 5.74) is 0. The predicted octanol–water partition coefficient (Wildman–Crippen LogP) is -39.6. The van der Waals surface area contributed by atoms with Crippen LogP contribution in [0.1, 0.15) is 0 Å². The molecule has 0 amide bonds. The van der Waals surface area contributed by atoms with Gasteiger partial charge < -0.3 is 0 Å². The molecule has 62 heavy (non-hydrogen) atoms. The Balaban J connectivity index is 9.93. The summed E-state index contributed by atoms with van der Waals surface area (Å²) in [7, 11) is 79.6. The molecular formula is H62B61N. The molecule has 0 aliphatic rings. The van der Waals surface area contributed by atoms with Gasteiger partial charge in [0.1, 0.15) is 0 Å². The number of rotatable bonds is 29. The molecule has 0 aromatic carbocycles. The van der Waals surface area contributed by atoms with E-state index in [0.29, 0.717) is 179 Å². The zero-order chi connectivity index (χ0) is 49.2. The Bertz CT molecular complexity index is 1010. The van der Waals surface area contributed by atoms with Crippen LogP contribution in [0.2, 0.25) is 0 Å². The summed E-state index contributed by atoms with van der Waals surface area (Å²) in [6.45, 7) is 3.09. The first-order valence-corrected chi connectivity index (χ1v) is 27.7. The minimum atomic E-state index is 0.256. The Labute approximate surface area is 433 Å². The van der Waals surface area contributed by atoms with Crippen molar-refractivity contribution in [2.75, 3.05) is 0 Å². The molecule has 0 spiro atoms. The second-order valence-corrected chi connectivity index (χ2v) is 27.2. The van der Waals surface area contributed by atoms with Gasteiger partial charge in [0.2, 0.25) is 0 Å². The Morgan fingerprint density at radius 1 is 0.194 bits per heavy atom. The molecule has 0 saturated carbocycles. The van der Waals surface area contributed by atoms with E-state index >= 15 is 0 Å². The Morgan fingerprint density at radius 2 is 0.371 bits per heavy atom. The predicted molar refractivity (Wildman–Crippen MR) is 440 cm³/mol. The van der Waals surface area contributed by atoms with Crippen LogP contribution >= 0.6 is 0 Å².